The van der Waals surface area contributed by atoms with Gasteiger partial charge in [0.05, 0.1) is 29.0 Å². The molecule has 0 fully saturated rings. The number of benzene rings is 1. The van der Waals surface area contributed by atoms with Crippen molar-refractivity contribution in [3.05, 3.63) is 54.9 Å². The van der Waals surface area contributed by atoms with E-state index < -0.39 is 16.9 Å². The number of fused-ring (bicyclic) bond motifs is 1. The normalized spacial score (nSPS) is 12.0. The summed E-state index contributed by atoms with van der Waals surface area (Å²) in [6.07, 6.45) is 2.62. The first-order valence-corrected chi connectivity index (χ1v) is 7.63. The first-order valence-electron chi connectivity index (χ1n) is 6.48. The van der Waals surface area contributed by atoms with E-state index in [1.54, 1.807) is 22.7 Å². The van der Waals surface area contributed by atoms with Gasteiger partial charge in [-0.05, 0) is 24.3 Å². The predicted octanol–water partition coefficient (Wildman–Crippen LogP) is 2.68. The molecule has 1 N–H and O–H groups in total. The van der Waals surface area contributed by atoms with Crippen molar-refractivity contribution in [1.29, 1.82) is 0 Å². The molecule has 6 nitrogen and oxygen atoms in total. The summed E-state index contributed by atoms with van der Waals surface area (Å²) in [5, 5.41) is 2.56. The van der Waals surface area contributed by atoms with Crippen LogP contribution in [0.4, 0.5) is 10.6 Å². The van der Waals surface area contributed by atoms with Crippen molar-refractivity contribution >= 4 is 28.4 Å². The highest BCUT2D eigenvalue weighted by Gasteiger charge is 2.11. The van der Waals surface area contributed by atoms with Crippen LogP contribution in [-0.4, -0.2) is 26.8 Å². The topological polar surface area (TPSA) is 72.7 Å². The largest absolute Gasteiger partial charge is 0.453 e. The Hall–Kier alpha value is -2.67. The highest BCUT2D eigenvalue weighted by molar-refractivity contribution is 7.85. The summed E-state index contributed by atoms with van der Waals surface area (Å²) in [5.41, 5.74) is 0.639. The average Bonchev–Trinajstić information content (AvgIpc) is 2.97. The summed E-state index contributed by atoms with van der Waals surface area (Å²) in [4.78, 5) is 16.8. The highest BCUT2D eigenvalue weighted by atomic mass is 32.2. The molecule has 1 amide bonds. The number of carbonyl (C=O) groups is 1. The Bertz CT molecular complexity index is 846. The number of nitrogens with zero attached hydrogens (tertiary/aromatic N) is 2. The number of imidazole rings is 1. The lowest BCUT2D eigenvalue weighted by atomic mass is 10.4. The highest BCUT2D eigenvalue weighted by Crippen LogP contribution is 2.19. The third-order valence-corrected chi connectivity index (χ3v) is 4.44. The monoisotopic (exact) mass is 315 g/mol. The number of pyridine rings is 1. The standard InChI is InChI=1S/C15H13N3O3S/c1-21-15(19)17-14-9-16-13-8-7-12(10-18(13)14)22(20)11-5-3-2-4-6-11/h2-10H,1H3,(H,17,19). The molecular weight excluding hydrogens is 302 g/mol. The van der Waals surface area contributed by atoms with E-state index in [0.29, 0.717) is 21.3 Å². The second kappa shape index (κ2) is 5.98. The van der Waals surface area contributed by atoms with Gasteiger partial charge in [0.2, 0.25) is 0 Å². The molecule has 2 heterocycles. The van der Waals surface area contributed by atoms with Crippen molar-refractivity contribution in [2.45, 2.75) is 9.79 Å². The molecule has 0 saturated carbocycles. The van der Waals surface area contributed by atoms with Crippen LogP contribution in [0.15, 0.2) is 64.6 Å². The Morgan fingerprint density at radius 1 is 1.18 bits per heavy atom. The maximum Gasteiger partial charge on any atom is 0.412 e. The molecule has 1 aromatic carbocycles. The zero-order chi connectivity index (χ0) is 15.5. The Morgan fingerprint density at radius 3 is 2.68 bits per heavy atom. The molecule has 0 aliphatic heterocycles. The number of aromatic nitrogens is 2. The maximum absolute atomic E-state index is 12.6. The van der Waals surface area contributed by atoms with Gasteiger partial charge in [0, 0.05) is 11.1 Å². The molecule has 7 heteroatoms. The van der Waals surface area contributed by atoms with Crippen LogP contribution in [-0.2, 0) is 15.5 Å². The average molecular weight is 315 g/mol. The molecule has 0 saturated heterocycles. The molecule has 22 heavy (non-hydrogen) atoms. The van der Waals surface area contributed by atoms with E-state index >= 15 is 0 Å². The van der Waals surface area contributed by atoms with Gasteiger partial charge in [-0.25, -0.2) is 14.0 Å². The van der Waals surface area contributed by atoms with Gasteiger partial charge in [-0.2, -0.15) is 0 Å². The number of methoxy groups -OCH3 is 1. The van der Waals surface area contributed by atoms with Crippen LogP contribution < -0.4 is 5.32 Å². The first kappa shape index (κ1) is 14.3. The van der Waals surface area contributed by atoms with Gasteiger partial charge in [-0.1, -0.05) is 18.2 Å². The van der Waals surface area contributed by atoms with Crippen molar-refractivity contribution in [2.24, 2.45) is 0 Å². The van der Waals surface area contributed by atoms with E-state index in [1.807, 2.05) is 30.3 Å². The van der Waals surface area contributed by atoms with Crippen molar-refractivity contribution in [3.63, 3.8) is 0 Å². The lowest BCUT2D eigenvalue weighted by molar-refractivity contribution is 0.187. The number of nitrogens with one attached hydrogen (secondary N) is 1. The Labute approximate surface area is 129 Å². The molecule has 0 bridgehead atoms. The van der Waals surface area contributed by atoms with Gasteiger partial charge in [-0.3, -0.25) is 9.72 Å². The smallest absolute Gasteiger partial charge is 0.412 e. The van der Waals surface area contributed by atoms with Crippen LogP contribution in [0.1, 0.15) is 0 Å². The zero-order valence-corrected chi connectivity index (χ0v) is 12.5. The van der Waals surface area contributed by atoms with Crippen LogP contribution in [0, 0.1) is 0 Å². The maximum atomic E-state index is 12.6. The summed E-state index contributed by atoms with van der Waals surface area (Å²) >= 11 is 0. The van der Waals surface area contributed by atoms with E-state index in [0.717, 1.165) is 0 Å². The molecule has 0 aliphatic rings. The number of rotatable bonds is 3. The lowest BCUT2D eigenvalue weighted by Gasteiger charge is -2.06. The van der Waals surface area contributed by atoms with Gasteiger partial charge in [0.1, 0.15) is 11.5 Å². The first-order chi connectivity index (χ1) is 10.7. The second-order valence-corrected chi connectivity index (χ2v) is 5.92. The fraction of sp³-hybridized carbons (Fsp3) is 0.0667. The molecule has 0 aliphatic carbocycles. The van der Waals surface area contributed by atoms with Gasteiger partial charge in [-0.15, -0.1) is 0 Å². The number of anilines is 1. The van der Waals surface area contributed by atoms with E-state index in [2.05, 4.69) is 15.0 Å². The molecule has 3 aromatic rings. The van der Waals surface area contributed by atoms with Crippen molar-refractivity contribution < 1.29 is 13.7 Å². The minimum absolute atomic E-state index is 0.453. The summed E-state index contributed by atoms with van der Waals surface area (Å²) in [7, 11) is -0.0161. The summed E-state index contributed by atoms with van der Waals surface area (Å²) in [5.74, 6) is 0.453. The molecule has 0 radical (unpaired) electrons. The van der Waals surface area contributed by atoms with E-state index in [4.69, 9.17) is 0 Å². The second-order valence-electron chi connectivity index (χ2n) is 4.43. The van der Waals surface area contributed by atoms with Crippen LogP contribution in [0.2, 0.25) is 0 Å². The fourth-order valence-electron chi connectivity index (χ4n) is 2.00. The van der Waals surface area contributed by atoms with E-state index in [1.165, 1.54) is 13.3 Å². The summed E-state index contributed by atoms with van der Waals surface area (Å²) < 4.78 is 18.8. The number of carbonyl (C=O) groups excluding carboxylic acids is 1. The number of hydrogen-bond donors (Lipinski definition) is 1. The zero-order valence-electron chi connectivity index (χ0n) is 11.7. The Kier molecular flexibility index (Phi) is 3.88. The van der Waals surface area contributed by atoms with Crippen LogP contribution in [0.5, 0.6) is 0 Å². The van der Waals surface area contributed by atoms with Crippen LogP contribution >= 0.6 is 0 Å². The quantitative estimate of drug-likeness (QED) is 0.806. The molecule has 3 rings (SSSR count). The summed E-state index contributed by atoms with van der Waals surface area (Å²) in [6.45, 7) is 0. The van der Waals surface area contributed by atoms with Crippen molar-refractivity contribution in [3.8, 4) is 0 Å². The van der Waals surface area contributed by atoms with Gasteiger partial charge < -0.3 is 4.74 Å². The predicted molar refractivity (Wildman–Crippen MR) is 82.3 cm³/mol. The molecular formula is C15H13N3O3S. The number of amides is 1. The lowest BCUT2D eigenvalue weighted by Crippen LogP contribution is -2.12. The third kappa shape index (κ3) is 2.71. The van der Waals surface area contributed by atoms with Gasteiger partial charge in [0.15, 0.2) is 0 Å². The van der Waals surface area contributed by atoms with Gasteiger partial charge >= 0.3 is 6.09 Å². The number of hydrogen-bond acceptors (Lipinski definition) is 4. The Morgan fingerprint density at radius 2 is 1.95 bits per heavy atom. The molecule has 112 valence electrons. The minimum Gasteiger partial charge on any atom is -0.453 e. The van der Waals surface area contributed by atoms with E-state index in [-0.39, 0.29) is 0 Å². The van der Waals surface area contributed by atoms with Crippen LogP contribution in [0.3, 0.4) is 0 Å². The van der Waals surface area contributed by atoms with Crippen molar-refractivity contribution in [2.75, 3.05) is 12.4 Å². The minimum atomic E-state index is -1.30. The van der Waals surface area contributed by atoms with E-state index in [9.17, 15) is 9.00 Å². The SMILES string of the molecule is COC(=O)Nc1cnc2ccc(S(=O)c3ccccc3)cn12. The third-order valence-electron chi connectivity index (χ3n) is 3.07. The summed E-state index contributed by atoms with van der Waals surface area (Å²) in [6, 6.07) is 12.7. The Balaban J connectivity index is 2.00. The molecule has 2 aromatic heterocycles. The fourth-order valence-corrected chi connectivity index (χ4v) is 3.07. The number of ether oxygens (including phenoxy) is 1. The molecule has 1 atom stereocenters. The van der Waals surface area contributed by atoms with Crippen molar-refractivity contribution in [1.82, 2.24) is 9.38 Å². The van der Waals surface area contributed by atoms with Gasteiger partial charge in [0.25, 0.3) is 0 Å². The van der Waals surface area contributed by atoms with Crippen LogP contribution in [0.25, 0.3) is 5.65 Å². The molecule has 1 unspecified atom stereocenters. The molecule has 0 spiro atoms.